The average molecular weight is 204 g/mol. The second-order valence-corrected chi connectivity index (χ2v) is 4.14. The molecule has 0 aromatic carbocycles. The van der Waals surface area contributed by atoms with Crippen molar-refractivity contribution in [3.05, 3.63) is 0 Å². The van der Waals surface area contributed by atoms with Gasteiger partial charge in [-0.2, -0.15) is 11.8 Å². The van der Waals surface area contributed by atoms with Gasteiger partial charge >= 0.3 is 0 Å². The minimum atomic E-state index is 0.138. The van der Waals surface area contributed by atoms with Crippen LogP contribution in [0.15, 0.2) is 0 Å². The van der Waals surface area contributed by atoms with Gasteiger partial charge in [0.05, 0.1) is 6.54 Å². The van der Waals surface area contributed by atoms with Crippen LogP contribution in [-0.4, -0.2) is 49.5 Å². The number of nitrogens with zero attached hydrogens (tertiary/aromatic N) is 1. The Bertz CT molecular complexity index is 151. The van der Waals surface area contributed by atoms with Crippen LogP contribution in [0.4, 0.5) is 0 Å². The Labute approximate surface area is 85.3 Å². The molecule has 13 heavy (non-hydrogen) atoms. The van der Waals surface area contributed by atoms with Gasteiger partial charge in [-0.1, -0.05) is 6.92 Å². The van der Waals surface area contributed by atoms with Crippen LogP contribution in [0.2, 0.25) is 0 Å². The van der Waals surface area contributed by atoms with E-state index in [1.54, 1.807) is 30.8 Å². The molecular formula is C9H20N2OS. The molecule has 0 heterocycles. The van der Waals surface area contributed by atoms with Crippen molar-refractivity contribution < 1.29 is 4.79 Å². The first-order valence-corrected chi connectivity index (χ1v) is 5.93. The van der Waals surface area contributed by atoms with E-state index >= 15 is 0 Å². The van der Waals surface area contributed by atoms with E-state index < -0.39 is 0 Å². The zero-order chi connectivity index (χ0) is 10.3. The van der Waals surface area contributed by atoms with Crippen LogP contribution in [0.25, 0.3) is 0 Å². The molecule has 0 radical (unpaired) electrons. The monoisotopic (exact) mass is 204 g/mol. The number of rotatable bonds is 6. The highest BCUT2D eigenvalue weighted by atomic mass is 32.2. The van der Waals surface area contributed by atoms with E-state index in [2.05, 4.69) is 18.5 Å². The molecule has 1 atom stereocenters. The molecule has 0 saturated carbocycles. The fourth-order valence-electron chi connectivity index (χ4n) is 0.912. The molecule has 0 fully saturated rings. The number of carbonyl (C=O) groups excluding carboxylic acids is 1. The number of hydrogen-bond acceptors (Lipinski definition) is 3. The van der Waals surface area contributed by atoms with E-state index in [0.717, 1.165) is 12.2 Å². The molecule has 0 spiro atoms. The van der Waals surface area contributed by atoms with Crippen molar-refractivity contribution in [2.45, 2.75) is 19.4 Å². The predicted octanol–water partition coefficient (Wildman–Crippen LogP) is 0.806. The summed E-state index contributed by atoms with van der Waals surface area (Å²) in [5.41, 5.74) is 0. The summed E-state index contributed by atoms with van der Waals surface area (Å²) in [4.78, 5) is 12.8. The zero-order valence-electron chi connectivity index (χ0n) is 8.96. The van der Waals surface area contributed by atoms with Gasteiger partial charge in [-0.05, 0) is 12.7 Å². The SMILES string of the molecule is CCC(CSC)NCC(=O)N(C)C. The number of likely N-dealkylation sites (N-methyl/N-ethyl adjacent to an activating group) is 1. The summed E-state index contributed by atoms with van der Waals surface area (Å²) in [5.74, 6) is 1.21. The maximum Gasteiger partial charge on any atom is 0.236 e. The number of nitrogens with one attached hydrogen (secondary N) is 1. The van der Waals surface area contributed by atoms with Crippen LogP contribution < -0.4 is 5.32 Å². The Morgan fingerprint density at radius 2 is 2.15 bits per heavy atom. The number of hydrogen-bond donors (Lipinski definition) is 1. The van der Waals surface area contributed by atoms with Crippen molar-refractivity contribution in [2.24, 2.45) is 0 Å². The summed E-state index contributed by atoms with van der Waals surface area (Å²) in [6.45, 7) is 2.58. The van der Waals surface area contributed by atoms with E-state index in [4.69, 9.17) is 0 Å². The van der Waals surface area contributed by atoms with Crippen LogP contribution >= 0.6 is 11.8 Å². The summed E-state index contributed by atoms with van der Waals surface area (Å²) < 4.78 is 0. The van der Waals surface area contributed by atoms with E-state index in [-0.39, 0.29) is 5.91 Å². The first-order chi connectivity index (χ1) is 6.11. The molecule has 0 rings (SSSR count). The van der Waals surface area contributed by atoms with Crippen molar-refractivity contribution in [3.63, 3.8) is 0 Å². The summed E-state index contributed by atoms with van der Waals surface area (Å²) in [7, 11) is 3.55. The van der Waals surface area contributed by atoms with Gasteiger partial charge in [0.2, 0.25) is 5.91 Å². The highest BCUT2D eigenvalue weighted by Crippen LogP contribution is 2.00. The Morgan fingerprint density at radius 3 is 2.54 bits per heavy atom. The lowest BCUT2D eigenvalue weighted by molar-refractivity contribution is -0.127. The molecule has 0 aliphatic rings. The molecule has 0 aliphatic carbocycles. The summed E-state index contributed by atoms with van der Waals surface area (Å²) >= 11 is 1.81. The van der Waals surface area contributed by atoms with Crippen molar-refractivity contribution in [1.29, 1.82) is 0 Å². The lowest BCUT2D eigenvalue weighted by Gasteiger charge is -2.17. The normalized spacial score (nSPS) is 12.6. The van der Waals surface area contributed by atoms with Gasteiger partial charge < -0.3 is 10.2 Å². The number of thioether (sulfide) groups is 1. The molecule has 0 aliphatic heterocycles. The first kappa shape index (κ1) is 12.8. The van der Waals surface area contributed by atoms with Crippen LogP contribution in [0.3, 0.4) is 0 Å². The quantitative estimate of drug-likeness (QED) is 0.695. The molecule has 78 valence electrons. The lowest BCUT2D eigenvalue weighted by atomic mass is 10.2. The number of carbonyl (C=O) groups is 1. The molecular weight excluding hydrogens is 184 g/mol. The van der Waals surface area contributed by atoms with Crippen molar-refractivity contribution >= 4 is 17.7 Å². The first-order valence-electron chi connectivity index (χ1n) is 4.54. The molecule has 0 aromatic rings. The molecule has 4 heteroatoms. The van der Waals surface area contributed by atoms with Crippen molar-refractivity contribution in [1.82, 2.24) is 10.2 Å². The van der Waals surface area contributed by atoms with Crippen molar-refractivity contribution in [2.75, 3.05) is 32.6 Å². The third-order valence-electron chi connectivity index (χ3n) is 1.90. The second-order valence-electron chi connectivity index (χ2n) is 3.23. The lowest BCUT2D eigenvalue weighted by Crippen LogP contribution is -2.39. The zero-order valence-corrected chi connectivity index (χ0v) is 9.78. The second kappa shape index (κ2) is 7.21. The van der Waals surface area contributed by atoms with E-state index in [9.17, 15) is 4.79 Å². The van der Waals surface area contributed by atoms with Gasteiger partial charge in [-0.3, -0.25) is 4.79 Å². The summed E-state index contributed by atoms with van der Waals surface area (Å²) in [6.07, 6.45) is 3.15. The Balaban J connectivity index is 3.65. The fraction of sp³-hybridized carbons (Fsp3) is 0.889. The van der Waals surface area contributed by atoms with Crippen LogP contribution in [-0.2, 0) is 4.79 Å². The van der Waals surface area contributed by atoms with E-state index in [1.165, 1.54) is 0 Å². The Hall–Kier alpha value is -0.220. The van der Waals surface area contributed by atoms with Gasteiger partial charge in [0.1, 0.15) is 0 Å². The van der Waals surface area contributed by atoms with Crippen LogP contribution in [0.1, 0.15) is 13.3 Å². The Kier molecular flexibility index (Phi) is 7.09. The predicted molar refractivity (Wildman–Crippen MR) is 59.2 cm³/mol. The third kappa shape index (κ3) is 5.93. The molecule has 1 unspecified atom stereocenters. The van der Waals surface area contributed by atoms with Gasteiger partial charge in [-0.15, -0.1) is 0 Å². The number of amides is 1. The summed E-state index contributed by atoms with van der Waals surface area (Å²) in [6, 6.07) is 0.457. The van der Waals surface area contributed by atoms with Gasteiger partial charge in [0, 0.05) is 25.9 Å². The van der Waals surface area contributed by atoms with Gasteiger partial charge in [-0.25, -0.2) is 0 Å². The smallest absolute Gasteiger partial charge is 0.236 e. The molecule has 3 nitrogen and oxygen atoms in total. The third-order valence-corrected chi connectivity index (χ3v) is 2.64. The summed E-state index contributed by atoms with van der Waals surface area (Å²) in [5, 5.41) is 3.24. The maximum atomic E-state index is 11.2. The van der Waals surface area contributed by atoms with Crippen LogP contribution in [0.5, 0.6) is 0 Å². The molecule has 0 saturated heterocycles. The largest absolute Gasteiger partial charge is 0.348 e. The fourth-order valence-corrected chi connectivity index (χ4v) is 1.67. The topological polar surface area (TPSA) is 32.3 Å². The van der Waals surface area contributed by atoms with Crippen LogP contribution in [0, 0.1) is 0 Å². The van der Waals surface area contributed by atoms with E-state index in [0.29, 0.717) is 12.6 Å². The molecule has 0 aromatic heterocycles. The highest BCUT2D eigenvalue weighted by Gasteiger charge is 2.08. The van der Waals surface area contributed by atoms with Gasteiger partial charge in [0.15, 0.2) is 0 Å². The highest BCUT2D eigenvalue weighted by molar-refractivity contribution is 7.98. The minimum Gasteiger partial charge on any atom is -0.348 e. The maximum absolute atomic E-state index is 11.2. The van der Waals surface area contributed by atoms with E-state index in [1.807, 2.05) is 0 Å². The standard InChI is InChI=1S/C9H20N2OS/c1-5-8(7-13-4)10-6-9(12)11(2)3/h8,10H,5-7H2,1-4H3. The molecule has 0 bridgehead atoms. The molecule has 1 amide bonds. The Morgan fingerprint density at radius 1 is 1.54 bits per heavy atom. The van der Waals surface area contributed by atoms with Crippen molar-refractivity contribution in [3.8, 4) is 0 Å². The average Bonchev–Trinajstić information content (AvgIpc) is 2.11. The van der Waals surface area contributed by atoms with Gasteiger partial charge in [0.25, 0.3) is 0 Å². The minimum absolute atomic E-state index is 0.138. The molecule has 1 N–H and O–H groups in total.